The number of methoxy groups -OCH3 is 1. The Balaban J connectivity index is 2.02. The molecule has 0 bridgehead atoms. The average molecular weight is 377 g/mol. The van der Waals surface area contributed by atoms with Crippen molar-refractivity contribution in [3.63, 3.8) is 0 Å². The summed E-state index contributed by atoms with van der Waals surface area (Å²) in [6.45, 7) is 3.30. The Labute approximate surface area is 159 Å². The van der Waals surface area contributed by atoms with Gasteiger partial charge < -0.3 is 19.7 Å². The molecule has 0 aliphatic heterocycles. The first-order valence-electron chi connectivity index (χ1n) is 8.84. The summed E-state index contributed by atoms with van der Waals surface area (Å²) in [5.41, 5.74) is 1.77. The largest absolute Gasteiger partial charge is 0.493 e. The monoisotopic (exact) mass is 376 g/mol. The second-order valence-corrected chi connectivity index (χ2v) is 7.09. The quantitative estimate of drug-likeness (QED) is 0.638. The van der Waals surface area contributed by atoms with Crippen LogP contribution < -0.4 is 14.8 Å². The highest BCUT2D eigenvalue weighted by Crippen LogP contribution is 2.28. The Morgan fingerprint density at radius 2 is 2.08 bits per heavy atom. The lowest BCUT2D eigenvalue weighted by molar-refractivity contribution is 0.0941. The van der Waals surface area contributed by atoms with Crippen LogP contribution in [0.25, 0.3) is 0 Å². The summed E-state index contributed by atoms with van der Waals surface area (Å²) in [5.74, 6) is 1.13. The van der Waals surface area contributed by atoms with Crippen LogP contribution in [-0.4, -0.2) is 45.2 Å². The molecule has 26 heavy (non-hydrogen) atoms. The predicted octanol–water partition coefficient (Wildman–Crippen LogP) is 3.97. The van der Waals surface area contributed by atoms with Crippen LogP contribution >= 0.6 is 11.3 Å². The molecule has 1 N–H and O–H groups in total. The van der Waals surface area contributed by atoms with E-state index in [1.54, 1.807) is 36.6 Å². The van der Waals surface area contributed by atoms with Gasteiger partial charge >= 0.3 is 0 Å². The minimum absolute atomic E-state index is 0.120. The first-order chi connectivity index (χ1) is 12.6. The van der Waals surface area contributed by atoms with Crippen LogP contribution in [0.2, 0.25) is 0 Å². The molecule has 1 amide bonds. The van der Waals surface area contributed by atoms with Crippen LogP contribution in [0.3, 0.4) is 0 Å². The fourth-order valence-corrected chi connectivity index (χ4v) is 3.32. The molecule has 0 unspecified atom stereocenters. The molecule has 6 heteroatoms. The van der Waals surface area contributed by atoms with Crippen molar-refractivity contribution in [3.8, 4) is 11.5 Å². The lowest BCUT2D eigenvalue weighted by atomic mass is 10.1. The highest BCUT2D eigenvalue weighted by atomic mass is 32.1. The van der Waals surface area contributed by atoms with E-state index in [-0.39, 0.29) is 11.9 Å². The molecule has 142 valence electrons. The highest BCUT2D eigenvalue weighted by Gasteiger charge is 2.17. The number of hydrogen-bond acceptors (Lipinski definition) is 5. The molecule has 0 saturated heterocycles. The molecule has 0 radical (unpaired) electrons. The summed E-state index contributed by atoms with van der Waals surface area (Å²) in [4.78, 5) is 14.7. The lowest BCUT2D eigenvalue weighted by Crippen LogP contribution is -2.34. The van der Waals surface area contributed by atoms with E-state index in [1.165, 1.54) is 5.56 Å². The number of thiophene rings is 1. The first kappa shape index (κ1) is 20.3. The maximum atomic E-state index is 12.6. The van der Waals surface area contributed by atoms with Gasteiger partial charge in [0.15, 0.2) is 11.5 Å². The number of amides is 1. The number of ether oxygens (including phenoxy) is 2. The van der Waals surface area contributed by atoms with Gasteiger partial charge in [-0.1, -0.05) is 13.3 Å². The second kappa shape index (κ2) is 10.2. The molecule has 0 aliphatic rings. The molecule has 0 saturated carbocycles. The minimum Gasteiger partial charge on any atom is -0.493 e. The molecular weight excluding hydrogens is 348 g/mol. The third-order valence-corrected chi connectivity index (χ3v) is 4.89. The summed E-state index contributed by atoms with van der Waals surface area (Å²) in [6.07, 6.45) is 2.06. The van der Waals surface area contributed by atoms with Crippen LogP contribution in [0.1, 0.15) is 41.7 Å². The van der Waals surface area contributed by atoms with E-state index in [1.807, 2.05) is 14.1 Å². The Morgan fingerprint density at radius 3 is 2.69 bits per heavy atom. The van der Waals surface area contributed by atoms with Gasteiger partial charge in [-0.3, -0.25) is 4.79 Å². The van der Waals surface area contributed by atoms with Crippen molar-refractivity contribution in [1.82, 2.24) is 10.2 Å². The summed E-state index contributed by atoms with van der Waals surface area (Å²) < 4.78 is 11.1. The number of carbonyl (C=O) groups excluding carboxylic acids is 1. The van der Waals surface area contributed by atoms with Crippen LogP contribution in [0, 0.1) is 0 Å². The first-order valence-corrected chi connectivity index (χ1v) is 9.78. The summed E-state index contributed by atoms with van der Waals surface area (Å²) in [5, 5.41) is 7.18. The van der Waals surface area contributed by atoms with Crippen LogP contribution in [0.4, 0.5) is 0 Å². The molecule has 0 spiro atoms. The Morgan fingerprint density at radius 1 is 1.27 bits per heavy atom. The van der Waals surface area contributed by atoms with Gasteiger partial charge in [0.25, 0.3) is 5.91 Å². The van der Waals surface area contributed by atoms with Crippen molar-refractivity contribution in [1.29, 1.82) is 0 Å². The molecule has 0 aliphatic carbocycles. The van der Waals surface area contributed by atoms with E-state index < -0.39 is 0 Å². The fraction of sp³-hybridized carbons (Fsp3) is 0.450. The molecule has 1 atom stereocenters. The third-order valence-electron chi connectivity index (χ3n) is 4.19. The number of rotatable bonds is 10. The normalized spacial score (nSPS) is 12.0. The SMILES string of the molecule is CCCCOc1ccc(C(=O)NC[C@@H](c2ccsc2)N(C)C)cc1OC. The molecule has 5 nitrogen and oxygen atoms in total. The van der Waals surface area contributed by atoms with Gasteiger partial charge in [0, 0.05) is 12.1 Å². The van der Waals surface area contributed by atoms with E-state index in [2.05, 4.69) is 34.0 Å². The molecule has 2 rings (SSSR count). The van der Waals surface area contributed by atoms with E-state index >= 15 is 0 Å². The fourth-order valence-electron chi connectivity index (χ4n) is 2.61. The van der Waals surface area contributed by atoms with E-state index in [9.17, 15) is 4.79 Å². The van der Waals surface area contributed by atoms with Crippen LogP contribution in [-0.2, 0) is 0 Å². The zero-order chi connectivity index (χ0) is 18.9. The number of likely N-dealkylation sites (N-methyl/N-ethyl adjacent to an activating group) is 1. The third kappa shape index (κ3) is 5.47. The van der Waals surface area contributed by atoms with Crippen molar-refractivity contribution in [2.45, 2.75) is 25.8 Å². The minimum atomic E-state index is -0.120. The van der Waals surface area contributed by atoms with Crippen LogP contribution in [0.5, 0.6) is 11.5 Å². The second-order valence-electron chi connectivity index (χ2n) is 6.31. The molecule has 1 heterocycles. The predicted molar refractivity (Wildman–Crippen MR) is 106 cm³/mol. The Kier molecular flexibility index (Phi) is 7.94. The number of benzene rings is 1. The van der Waals surface area contributed by atoms with Crippen molar-refractivity contribution in [2.24, 2.45) is 0 Å². The van der Waals surface area contributed by atoms with Gasteiger partial charge in [-0.15, -0.1) is 0 Å². The number of nitrogens with one attached hydrogen (secondary N) is 1. The molecule has 1 aromatic heterocycles. The summed E-state index contributed by atoms with van der Waals surface area (Å²) in [6, 6.07) is 7.53. The summed E-state index contributed by atoms with van der Waals surface area (Å²) in [7, 11) is 5.61. The number of unbranched alkanes of at least 4 members (excludes halogenated alkanes) is 1. The van der Waals surface area contributed by atoms with Crippen molar-refractivity contribution >= 4 is 17.2 Å². The van der Waals surface area contributed by atoms with Crippen molar-refractivity contribution < 1.29 is 14.3 Å². The van der Waals surface area contributed by atoms with E-state index in [4.69, 9.17) is 9.47 Å². The van der Waals surface area contributed by atoms with Crippen LogP contribution in [0.15, 0.2) is 35.0 Å². The van der Waals surface area contributed by atoms with Crippen molar-refractivity contribution in [3.05, 3.63) is 46.2 Å². The van der Waals surface area contributed by atoms with Gasteiger partial charge in [-0.25, -0.2) is 0 Å². The maximum absolute atomic E-state index is 12.6. The zero-order valence-electron chi connectivity index (χ0n) is 16.0. The Bertz CT molecular complexity index is 686. The van der Waals surface area contributed by atoms with Gasteiger partial charge in [0.1, 0.15) is 0 Å². The highest BCUT2D eigenvalue weighted by molar-refractivity contribution is 7.07. The number of carbonyl (C=O) groups is 1. The molecule has 0 fully saturated rings. The smallest absolute Gasteiger partial charge is 0.251 e. The van der Waals surface area contributed by atoms with Crippen molar-refractivity contribution in [2.75, 3.05) is 34.4 Å². The van der Waals surface area contributed by atoms with Gasteiger partial charge in [0.05, 0.1) is 19.8 Å². The molecule has 2 aromatic rings. The van der Waals surface area contributed by atoms with Gasteiger partial charge in [0.2, 0.25) is 0 Å². The zero-order valence-corrected chi connectivity index (χ0v) is 16.8. The topological polar surface area (TPSA) is 50.8 Å². The number of nitrogens with zero attached hydrogens (tertiary/aromatic N) is 1. The summed E-state index contributed by atoms with van der Waals surface area (Å²) >= 11 is 1.66. The lowest BCUT2D eigenvalue weighted by Gasteiger charge is -2.24. The number of hydrogen-bond donors (Lipinski definition) is 1. The Hall–Kier alpha value is -2.05. The van der Waals surface area contributed by atoms with Gasteiger partial charge in [-0.2, -0.15) is 11.3 Å². The van der Waals surface area contributed by atoms with E-state index in [0.717, 1.165) is 12.8 Å². The average Bonchev–Trinajstić information content (AvgIpc) is 3.16. The molecular formula is C20H28N2O3S. The molecule has 1 aromatic carbocycles. The standard InChI is InChI=1S/C20H28N2O3S/c1-5-6-10-25-18-8-7-15(12-19(18)24-4)20(23)21-13-17(22(2)3)16-9-11-26-14-16/h7-9,11-12,14,17H,5-6,10,13H2,1-4H3,(H,21,23)/t17-/m0/s1. The maximum Gasteiger partial charge on any atom is 0.251 e. The van der Waals surface area contributed by atoms with E-state index in [0.29, 0.717) is 30.2 Å². The van der Waals surface area contributed by atoms with Gasteiger partial charge in [-0.05, 0) is 61.1 Å².